The van der Waals surface area contributed by atoms with Crippen molar-refractivity contribution in [3.63, 3.8) is 0 Å². The van der Waals surface area contributed by atoms with Gasteiger partial charge < -0.3 is 9.80 Å². The van der Waals surface area contributed by atoms with Gasteiger partial charge in [-0.05, 0) is 54.1 Å². The number of para-hydroxylation sites is 4. The van der Waals surface area contributed by atoms with Crippen molar-refractivity contribution in [2.75, 3.05) is 9.80 Å². The van der Waals surface area contributed by atoms with Crippen LogP contribution in [0, 0.1) is 0 Å². The Hall–Kier alpha value is -4.04. The molecule has 0 bridgehead atoms. The molecular weight excluding hydrogens is 388 g/mol. The number of allylic oxidation sites excluding steroid dienone is 2. The van der Waals surface area contributed by atoms with E-state index in [0.717, 1.165) is 0 Å². The number of rotatable bonds is 4. The monoisotopic (exact) mass is 412 g/mol. The van der Waals surface area contributed by atoms with Gasteiger partial charge in [0.15, 0.2) is 0 Å². The van der Waals surface area contributed by atoms with Crippen molar-refractivity contribution in [1.82, 2.24) is 0 Å². The van der Waals surface area contributed by atoms with Gasteiger partial charge in [-0.25, -0.2) is 0 Å². The Morgan fingerprint density at radius 2 is 1.16 bits per heavy atom. The largest absolute Gasteiger partial charge is 0.333 e. The van der Waals surface area contributed by atoms with Crippen LogP contribution in [0.25, 0.3) is 0 Å². The number of hydrogen-bond acceptors (Lipinski definition) is 2. The Morgan fingerprint density at radius 3 is 1.81 bits per heavy atom. The van der Waals surface area contributed by atoms with Crippen LogP contribution in [0.1, 0.15) is 11.5 Å². The van der Waals surface area contributed by atoms with Crippen molar-refractivity contribution in [3.8, 4) is 0 Å². The first-order chi connectivity index (χ1) is 15.9. The lowest BCUT2D eigenvalue weighted by Gasteiger charge is -2.37. The Morgan fingerprint density at radius 1 is 0.594 bits per heavy atom. The summed E-state index contributed by atoms with van der Waals surface area (Å²) >= 11 is 0. The molecule has 2 nitrogen and oxygen atoms in total. The third-order valence-corrected chi connectivity index (χ3v) is 6.39. The molecule has 2 heteroatoms. The first-order valence-electron chi connectivity index (χ1n) is 11.1. The zero-order valence-electron chi connectivity index (χ0n) is 17.8. The SMILES string of the molecule is C1=CC2C(C(N(c3ccccc3)c3ccccc3)=C1)c1ccccc1N2c1ccccc1. The summed E-state index contributed by atoms with van der Waals surface area (Å²) in [4.78, 5) is 4.89. The van der Waals surface area contributed by atoms with E-state index >= 15 is 0 Å². The zero-order chi connectivity index (χ0) is 21.3. The van der Waals surface area contributed by atoms with E-state index < -0.39 is 0 Å². The average Bonchev–Trinajstić information content (AvgIpc) is 3.21. The van der Waals surface area contributed by atoms with Crippen molar-refractivity contribution < 1.29 is 0 Å². The minimum absolute atomic E-state index is 0.227. The highest BCUT2D eigenvalue weighted by molar-refractivity contribution is 5.79. The molecular formula is C30H24N2. The van der Waals surface area contributed by atoms with Gasteiger partial charge in [0.2, 0.25) is 0 Å². The molecule has 32 heavy (non-hydrogen) atoms. The highest BCUT2D eigenvalue weighted by atomic mass is 15.2. The molecule has 4 aromatic carbocycles. The molecule has 0 aromatic heterocycles. The van der Waals surface area contributed by atoms with Crippen LogP contribution in [0.4, 0.5) is 22.7 Å². The molecule has 1 aliphatic heterocycles. The van der Waals surface area contributed by atoms with Gasteiger partial charge in [0.05, 0.1) is 12.0 Å². The first-order valence-corrected chi connectivity index (χ1v) is 11.1. The molecule has 0 saturated heterocycles. The van der Waals surface area contributed by atoms with Gasteiger partial charge >= 0.3 is 0 Å². The fourth-order valence-corrected chi connectivity index (χ4v) is 5.08. The van der Waals surface area contributed by atoms with Crippen LogP contribution in [0.5, 0.6) is 0 Å². The summed E-state index contributed by atoms with van der Waals surface area (Å²) < 4.78 is 0. The second kappa shape index (κ2) is 7.90. The molecule has 2 aliphatic rings. The third kappa shape index (κ3) is 3.04. The molecule has 2 atom stereocenters. The third-order valence-electron chi connectivity index (χ3n) is 6.39. The Balaban J connectivity index is 1.53. The molecule has 0 N–H and O–H groups in total. The van der Waals surface area contributed by atoms with Gasteiger partial charge in [0.25, 0.3) is 0 Å². The molecule has 1 heterocycles. The summed E-state index contributed by atoms with van der Waals surface area (Å²) in [5.41, 5.74) is 7.52. The summed E-state index contributed by atoms with van der Waals surface area (Å²) in [6.45, 7) is 0. The number of hydrogen-bond donors (Lipinski definition) is 0. The van der Waals surface area contributed by atoms with Crippen molar-refractivity contribution >= 4 is 22.7 Å². The maximum Gasteiger partial charge on any atom is 0.0650 e. The van der Waals surface area contributed by atoms with Gasteiger partial charge in [0.1, 0.15) is 0 Å². The summed E-state index contributed by atoms with van der Waals surface area (Å²) in [6, 6.07) is 41.2. The molecule has 0 saturated carbocycles. The first kappa shape index (κ1) is 18.7. The van der Waals surface area contributed by atoms with Crippen LogP contribution in [0.3, 0.4) is 0 Å². The van der Waals surface area contributed by atoms with Crippen LogP contribution >= 0.6 is 0 Å². The summed E-state index contributed by atoms with van der Waals surface area (Å²) in [5, 5.41) is 0. The molecule has 0 spiro atoms. The summed E-state index contributed by atoms with van der Waals surface area (Å²) in [6.07, 6.45) is 6.85. The smallest absolute Gasteiger partial charge is 0.0650 e. The van der Waals surface area contributed by atoms with E-state index in [1.165, 1.54) is 34.0 Å². The minimum atomic E-state index is 0.227. The van der Waals surface area contributed by atoms with Gasteiger partial charge in [-0.2, -0.15) is 0 Å². The fraction of sp³-hybridized carbons (Fsp3) is 0.0667. The maximum absolute atomic E-state index is 2.48. The van der Waals surface area contributed by atoms with E-state index in [-0.39, 0.29) is 12.0 Å². The maximum atomic E-state index is 2.48. The quantitative estimate of drug-likeness (QED) is 0.341. The normalized spacial score (nSPS) is 18.6. The topological polar surface area (TPSA) is 6.48 Å². The molecule has 6 rings (SSSR count). The van der Waals surface area contributed by atoms with Gasteiger partial charge in [-0.1, -0.05) is 84.9 Å². The number of nitrogens with zero attached hydrogens (tertiary/aromatic N) is 2. The number of anilines is 4. The molecule has 154 valence electrons. The molecule has 1 aliphatic carbocycles. The molecule has 2 unspecified atom stereocenters. The summed E-state index contributed by atoms with van der Waals surface area (Å²) in [5.74, 6) is 0.233. The van der Waals surface area contributed by atoms with Gasteiger partial charge in [0, 0.05) is 28.4 Å². The second-order valence-electron chi connectivity index (χ2n) is 8.22. The highest BCUT2D eigenvalue weighted by Crippen LogP contribution is 2.52. The predicted octanol–water partition coefficient (Wildman–Crippen LogP) is 7.58. The van der Waals surface area contributed by atoms with E-state index in [1.807, 2.05) is 0 Å². The van der Waals surface area contributed by atoms with Crippen molar-refractivity contribution in [2.45, 2.75) is 12.0 Å². The predicted molar refractivity (Wildman–Crippen MR) is 134 cm³/mol. The van der Waals surface area contributed by atoms with Gasteiger partial charge in [-0.3, -0.25) is 0 Å². The zero-order valence-corrected chi connectivity index (χ0v) is 17.8. The van der Waals surface area contributed by atoms with Crippen LogP contribution in [0.2, 0.25) is 0 Å². The van der Waals surface area contributed by atoms with E-state index in [0.29, 0.717) is 0 Å². The Kier molecular flexibility index (Phi) is 4.62. The highest BCUT2D eigenvalue weighted by Gasteiger charge is 2.42. The molecule has 4 aromatic rings. The standard InChI is InChI=1S/C30H24N2/c1-4-13-23(14-5-1)31(24-15-6-2-7-16-24)28-21-12-22-29-30(28)26-19-10-11-20-27(26)32(29)25-17-8-3-9-18-25/h1-22,29-30H. The Labute approximate surface area is 189 Å². The summed E-state index contributed by atoms with van der Waals surface area (Å²) in [7, 11) is 0. The lowest BCUT2D eigenvalue weighted by molar-refractivity contribution is 0.696. The van der Waals surface area contributed by atoms with Crippen molar-refractivity contribution in [1.29, 1.82) is 0 Å². The van der Waals surface area contributed by atoms with E-state index in [4.69, 9.17) is 0 Å². The molecule has 0 amide bonds. The van der Waals surface area contributed by atoms with Crippen LogP contribution in [0.15, 0.2) is 139 Å². The Bertz CT molecular complexity index is 1240. The van der Waals surface area contributed by atoms with E-state index in [1.54, 1.807) is 0 Å². The molecule has 0 fully saturated rings. The van der Waals surface area contributed by atoms with Crippen LogP contribution < -0.4 is 9.80 Å². The fourth-order valence-electron chi connectivity index (χ4n) is 5.08. The van der Waals surface area contributed by atoms with Crippen LogP contribution in [-0.2, 0) is 0 Å². The number of benzene rings is 4. The molecule has 0 radical (unpaired) electrons. The van der Waals surface area contributed by atoms with E-state index in [9.17, 15) is 0 Å². The second-order valence-corrected chi connectivity index (χ2v) is 8.22. The van der Waals surface area contributed by atoms with Crippen LogP contribution in [-0.4, -0.2) is 6.04 Å². The van der Waals surface area contributed by atoms with Crippen molar-refractivity contribution in [2.24, 2.45) is 0 Å². The lowest BCUT2D eigenvalue weighted by Crippen LogP contribution is -2.34. The van der Waals surface area contributed by atoms with E-state index in [2.05, 4.69) is 143 Å². The number of fused-ring (bicyclic) bond motifs is 3. The van der Waals surface area contributed by atoms with Crippen molar-refractivity contribution in [3.05, 3.63) is 145 Å². The van der Waals surface area contributed by atoms with Gasteiger partial charge in [-0.15, -0.1) is 0 Å². The minimum Gasteiger partial charge on any atom is -0.333 e. The lowest BCUT2D eigenvalue weighted by atomic mass is 9.86. The average molecular weight is 413 g/mol.